The van der Waals surface area contributed by atoms with E-state index in [-0.39, 0.29) is 34.9 Å². The van der Waals surface area contributed by atoms with Crippen LogP contribution in [0.1, 0.15) is 107 Å². The number of carbonyl (C=O) groups excluding carboxylic acids is 4. The van der Waals surface area contributed by atoms with Gasteiger partial charge in [-0.25, -0.2) is 4.98 Å². The molecule has 1 unspecified atom stereocenters. The maximum Gasteiger partial charge on any atom is 0.271 e. The number of halogens is 1. The number of imide groups is 1. The van der Waals surface area contributed by atoms with Crippen LogP contribution in [-0.2, 0) is 19.2 Å². The average Bonchev–Trinajstić information content (AvgIpc) is 3.84. The Hall–Kier alpha value is -5.38. The molecule has 2 aromatic carbocycles. The van der Waals surface area contributed by atoms with Crippen LogP contribution in [0.25, 0.3) is 11.0 Å². The molecular formula is C49H63ClN10O5. The highest BCUT2D eigenvalue weighted by atomic mass is 35.5. The van der Waals surface area contributed by atoms with Gasteiger partial charge in [0, 0.05) is 69.2 Å². The first-order valence-corrected chi connectivity index (χ1v) is 23.9. The van der Waals surface area contributed by atoms with E-state index in [2.05, 4.69) is 36.8 Å². The topological polar surface area (TPSA) is 165 Å². The summed E-state index contributed by atoms with van der Waals surface area (Å²) in [5.74, 6) is 1.11. The molecule has 2 aliphatic carbocycles. The number of hydrogen-bond acceptors (Lipinski definition) is 11. The van der Waals surface area contributed by atoms with E-state index in [0.29, 0.717) is 37.0 Å². The first-order chi connectivity index (χ1) is 31.5. The van der Waals surface area contributed by atoms with Gasteiger partial charge in [0.05, 0.1) is 17.9 Å². The Kier molecular flexibility index (Phi) is 14.8. The van der Waals surface area contributed by atoms with E-state index < -0.39 is 11.9 Å². The molecule has 5 aliphatic rings. The fourth-order valence-corrected chi connectivity index (χ4v) is 10.8. The number of benzene rings is 2. The number of anilines is 5. The second-order valence-corrected chi connectivity index (χ2v) is 19.0. The molecule has 9 rings (SSSR count). The number of nitrogens with zero attached hydrogens (tertiary/aromatic N) is 7. The zero-order chi connectivity index (χ0) is 45.6. The standard InChI is InChI=1S/C26H38N4O3.C23H25ClN6O2/c1-28(2)25-21(20-13-15-29(16-14-20)17-19-7-4-3-5-8-19)9-6-10-22(25)30(18-31)23-11-12-24(32)27-26(23)33;1-14-10-17(29-9-8-25-13-20(29)31)6-7-19(14)27-23-26-12-15-11-18(24)22(32)30(21(15)28-23)16-4-2-3-5-16/h6,9-10,18-20,23H,3-5,7-8,11-17H2,1-2H3,(H,27,32,33);6-7,10-12,16,25H,2-5,8-9,13H2,1H3,(H,26,27,28). The molecule has 4 aromatic rings. The summed E-state index contributed by atoms with van der Waals surface area (Å²) in [5, 5.41) is 9.68. The van der Waals surface area contributed by atoms with Crippen molar-refractivity contribution >= 4 is 75.5 Å². The van der Waals surface area contributed by atoms with Crippen LogP contribution in [0.4, 0.5) is 28.7 Å². The van der Waals surface area contributed by atoms with E-state index in [1.807, 2.05) is 51.4 Å². The number of aryl methyl sites for hydroxylation is 1. The van der Waals surface area contributed by atoms with Crippen molar-refractivity contribution in [2.24, 2.45) is 5.92 Å². The molecule has 1 atom stereocenters. The smallest absolute Gasteiger partial charge is 0.271 e. The van der Waals surface area contributed by atoms with Crippen molar-refractivity contribution in [1.82, 2.24) is 30.1 Å². The van der Waals surface area contributed by atoms with E-state index in [9.17, 15) is 24.0 Å². The van der Waals surface area contributed by atoms with Crippen LogP contribution >= 0.6 is 11.6 Å². The molecule has 5 heterocycles. The number of fused-ring (bicyclic) bond motifs is 1. The minimum atomic E-state index is -0.661. The predicted octanol–water partition coefficient (Wildman–Crippen LogP) is 6.83. The van der Waals surface area contributed by atoms with Gasteiger partial charge in [-0.2, -0.15) is 4.98 Å². The summed E-state index contributed by atoms with van der Waals surface area (Å²) in [5.41, 5.74) is 6.09. The highest BCUT2D eigenvalue weighted by Crippen LogP contribution is 2.41. The average molecular weight is 908 g/mol. The maximum atomic E-state index is 12.8. The Morgan fingerprint density at radius 3 is 2.35 bits per heavy atom. The molecule has 346 valence electrons. The molecule has 0 bridgehead atoms. The molecule has 65 heavy (non-hydrogen) atoms. The molecule has 0 radical (unpaired) electrons. The van der Waals surface area contributed by atoms with Crippen LogP contribution in [0.15, 0.2) is 53.5 Å². The summed E-state index contributed by atoms with van der Waals surface area (Å²) >= 11 is 6.21. The van der Waals surface area contributed by atoms with Crippen LogP contribution in [0.5, 0.6) is 0 Å². The van der Waals surface area contributed by atoms with Gasteiger partial charge >= 0.3 is 0 Å². The van der Waals surface area contributed by atoms with Crippen LogP contribution in [-0.4, -0.2) is 103 Å². The van der Waals surface area contributed by atoms with Gasteiger partial charge in [-0.1, -0.05) is 55.8 Å². The van der Waals surface area contributed by atoms with Gasteiger partial charge in [0.25, 0.3) is 5.56 Å². The Labute approximate surface area is 386 Å². The van der Waals surface area contributed by atoms with Crippen molar-refractivity contribution in [3.8, 4) is 0 Å². The van der Waals surface area contributed by atoms with Crippen molar-refractivity contribution in [2.75, 3.05) is 73.4 Å². The minimum Gasteiger partial charge on any atom is -0.376 e. The lowest BCUT2D eigenvalue weighted by molar-refractivity contribution is -0.135. The molecule has 3 saturated heterocycles. The van der Waals surface area contributed by atoms with Crippen molar-refractivity contribution in [1.29, 1.82) is 0 Å². The van der Waals surface area contributed by atoms with Crippen molar-refractivity contribution in [3.05, 3.63) is 75.2 Å². The zero-order valence-corrected chi connectivity index (χ0v) is 38.7. The van der Waals surface area contributed by atoms with Crippen LogP contribution in [0.3, 0.4) is 0 Å². The maximum absolute atomic E-state index is 12.8. The SMILES string of the molecule is CN(C)c1c(C2CCN(CC3CCCCC3)CC2)cccc1N(C=O)C1CCC(=O)NC1=O.Cc1cc(N2CCNCC2=O)ccc1Nc1ncc2cc(Cl)c(=O)n(C3CCCC3)c2n1. The van der Waals surface area contributed by atoms with Gasteiger partial charge in [0.2, 0.25) is 30.1 Å². The van der Waals surface area contributed by atoms with E-state index in [4.69, 9.17) is 16.6 Å². The van der Waals surface area contributed by atoms with Gasteiger partial charge in [0.15, 0.2) is 0 Å². The summed E-state index contributed by atoms with van der Waals surface area (Å²) in [6.45, 7) is 7.24. The number of piperidine rings is 2. The molecule has 16 heteroatoms. The number of para-hydroxylation sites is 1. The Morgan fingerprint density at radius 1 is 0.908 bits per heavy atom. The first-order valence-electron chi connectivity index (χ1n) is 23.6. The largest absolute Gasteiger partial charge is 0.376 e. The third kappa shape index (κ3) is 10.5. The van der Waals surface area contributed by atoms with E-state index >= 15 is 0 Å². The summed E-state index contributed by atoms with van der Waals surface area (Å²) in [7, 11) is 3.99. The summed E-state index contributed by atoms with van der Waals surface area (Å²) < 4.78 is 1.74. The monoisotopic (exact) mass is 906 g/mol. The Bertz CT molecular complexity index is 2440. The van der Waals surface area contributed by atoms with Gasteiger partial charge in [-0.05, 0) is 118 Å². The second-order valence-electron chi connectivity index (χ2n) is 18.6. The third-order valence-corrected chi connectivity index (χ3v) is 14.2. The van der Waals surface area contributed by atoms with Gasteiger partial charge < -0.3 is 30.2 Å². The number of pyridine rings is 1. The summed E-state index contributed by atoms with van der Waals surface area (Å²) in [4.78, 5) is 78.4. The molecule has 0 spiro atoms. The quantitative estimate of drug-likeness (QED) is 0.107. The number of nitrogens with one attached hydrogen (secondary N) is 3. The number of rotatable bonds is 11. The van der Waals surface area contributed by atoms with Crippen LogP contribution < -0.4 is 36.2 Å². The van der Waals surface area contributed by atoms with Crippen LogP contribution in [0.2, 0.25) is 5.02 Å². The Balaban J connectivity index is 0.000000177. The van der Waals surface area contributed by atoms with Crippen molar-refractivity contribution in [2.45, 2.75) is 108 Å². The molecule has 15 nitrogen and oxygen atoms in total. The summed E-state index contributed by atoms with van der Waals surface area (Å²) in [6, 6.07) is 13.0. The lowest BCUT2D eigenvalue weighted by Gasteiger charge is -2.38. The molecular weight excluding hydrogens is 844 g/mol. The van der Waals surface area contributed by atoms with Crippen LogP contribution in [0, 0.1) is 12.8 Å². The van der Waals surface area contributed by atoms with Gasteiger partial charge in [-0.3, -0.25) is 33.9 Å². The van der Waals surface area contributed by atoms with Crippen molar-refractivity contribution in [3.63, 3.8) is 0 Å². The molecule has 5 fully saturated rings. The van der Waals surface area contributed by atoms with E-state index in [1.54, 1.807) is 21.7 Å². The molecule has 3 aliphatic heterocycles. The number of hydrogen-bond donors (Lipinski definition) is 3. The summed E-state index contributed by atoms with van der Waals surface area (Å²) in [6.07, 6.45) is 16.3. The highest BCUT2D eigenvalue weighted by Gasteiger charge is 2.35. The normalized spacial score (nSPS) is 20.3. The number of amides is 4. The lowest BCUT2D eigenvalue weighted by Crippen LogP contribution is -2.52. The highest BCUT2D eigenvalue weighted by molar-refractivity contribution is 6.31. The number of piperazine rings is 1. The van der Waals surface area contributed by atoms with Gasteiger partial charge in [-0.15, -0.1) is 0 Å². The molecule has 3 N–H and O–H groups in total. The first kappa shape index (κ1) is 46.2. The fourth-order valence-electron chi connectivity index (χ4n) is 10.6. The minimum absolute atomic E-state index is 0.0674. The zero-order valence-electron chi connectivity index (χ0n) is 38.0. The third-order valence-electron chi connectivity index (χ3n) is 14.0. The Morgan fingerprint density at radius 2 is 1.66 bits per heavy atom. The molecule has 2 saturated carbocycles. The van der Waals surface area contributed by atoms with E-state index in [0.717, 1.165) is 104 Å². The van der Waals surface area contributed by atoms with E-state index in [1.165, 1.54) is 49.1 Å². The number of likely N-dealkylation sites (tertiary alicyclic amines) is 1. The van der Waals surface area contributed by atoms with Crippen molar-refractivity contribution < 1.29 is 19.2 Å². The number of aromatic nitrogens is 3. The lowest BCUT2D eigenvalue weighted by atomic mass is 9.85. The molecule has 4 amide bonds. The number of carbonyl (C=O) groups is 4. The second kappa shape index (κ2) is 20.8. The fraction of sp³-hybridized carbons (Fsp3) is 0.531. The molecule has 2 aromatic heterocycles. The predicted molar refractivity (Wildman–Crippen MR) is 256 cm³/mol. The van der Waals surface area contributed by atoms with Gasteiger partial charge in [0.1, 0.15) is 16.7 Å².